The predicted molar refractivity (Wildman–Crippen MR) is 113 cm³/mol. The molecule has 6 radical (unpaired) electrons. The number of carbonyl (C=O) groups excluding carboxylic acids is 1. The van der Waals surface area contributed by atoms with Crippen molar-refractivity contribution in [3.63, 3.8) is 0 Å². The molecule has 0 heterocycles. The lowest BCUT2D eigenvalue weighted by Gasteiger charge is -2.38. The first kappa shape index (κ1) is 25.5. The van der Waals surface area contributed by atoms with Crippen LogP contribution in [0.5, 0.6) is 0 Å². The molecule has 1 unspecified atom stereocenters. The van der Waals surface area contributed by atoms with Gasteiger partial charge in [-0.15, -0.1) is 0 Å². The maximum atomic E-state index is 11.7. The number of carbonyl (C=O) groups is 1. The molecule has 25 heavy (non-hydrogen) atoms. The number of hydrogen-bond acceptors (Lipinski definition) is 5. The summed E-state index contributed by atoms with van der Waals surface area (Å²) < 4.78 is 24.1. The summed E-state index contributed by atoms with van der Waals surface area (Å²) in [6.07, 6.45) is -0.789. The van der Waals surface area contributed by atoms with Gasteiger partial charge in [0.1, 0.15) is 4.85 Å². The van der Waals surface area contributed by atoms with Crippen LogP contribution in [0.15, 0.2) is 0 Å². The van der Waals surface area contributed by atoms with Gasteiger partial charge in [0.25, 0.3) is 19.5 Å². The van der Waals surface area contributed by atoms with Crippen molar-refractivity contribution in [2.75, 3.05) is 0 Å². The van der Waals surface area contributed by atoms with E-state index in [2.05, 4.69) is 58.9 Å². The highest BCUT2D eigenvalue weighted by Gasteiger charge is 2.47. The first-order chi connectivity index (χ1) is 11.0. The van der Waals surface area contributed by atoms with Crippen LogP contribution in [0, 0.1) is 0 Å². The lowest BCUT2D eigenvalue weighted by molar-refractivity contribution is 0.106. The van der Waals surface area contributed by atoms with E-state index in [-0.39, 0.29) is 34.8 Å². The lowest BCUT2D eigenvalue weighted by Crippen LogP contribution is -2.58. The quantitative estimate of drug-likeness (QED) is 0.488. The van der Waals surface area contributed by atoms with Gasteiger partial charge in [0.05, 0.1) is 0 Å². The van der Waals surface area contributed by atoms with Crippen LogP contribution in [0.3, 0.4) is 0 Å². The van der Waals surface area contributed by atoms with Gasteiger partial charge in [0, 0.05) is 5.54 Å². The van der Waals surface area contributed by atoms with Crippen molar-refractivity contribution >= 4 is 60.3 Å². The van der Waals surface area contributed by atoms with Gasteiger partial charge in [-0.3, -0.25) is 0 Å². The second-order valence-electron chi connectivity index (χ2n) is 8.84. The Labute approximate surface area is 164 Å². The molecule has 6 nitrogen and oxygen atoms in total. The average Bonchev–Trinajstić information content (AvgIpc) is 2.36. The molecule has 12 heteroatoms. The molecular weight excluding hydrogens is 419 g/mol. The fourth-order valence-corrected chi connectivity index (χ4v) is 9.73. The molecule has 1 atom stereocenters. The van der Waals surface area contributed by atoms with Crippen LogP contribution in [0.25, 0.3) is 0 Å². The second-order valence-corrected chi connectivity index (χ2v) is 27.5. The van der Waals surface area contributed by atoms with Gasteiger partial charge in [0.2, 0.25) is 9.76 Å². The zero-order valence-corrected chi connectivity index (χ0v) is 23.2. The topological polar surface area (TPSA) is 80.0 Å². The zero-order chi connectivity index (χ0) is 20.1. The summed E-state index contributed by atoms with van der Waals surface area (Å²) in [4.78, 5) is 10.8. The predicted octanol–water partition coefficient (Wildman–Crippen LogP) is 2.96. The Morgan fingerprint density at radius 1 is 0.840 bits per heavy atom. The average molecular weight is 452 g/mol. The summed E-state index contributed by atoms with van der Waals surface area (Å²) >= 11 is 0. The van der Waals surface area contributed by atoms with Crippen LogP contribution in [-0.4, -0.2) is 65.2 Å². The molecule has 0 bridgehead atoms. The van der Waals surface area contributed by atoms with E-state index >= 15 is 0 Å². The molecule has 0 fully saturated rings. The Morgan fingerprint density at radius 2 is 1.20 bits per heavy atom. The minimum atomic E-state index is -1.79. The molecule has 0 saturated carbocycles. The van der Waals surface area contributed by atoms with E-state index in [0.29, 0.717) is 0 Å². The number of nitrogens with two attached hydrogens (primary N) is 1. The maximum absolute atomic E-state index is 11.7. The summed E-state index contributed by atoms with van der Waals surface area (Å²) in [7, 11) is -5.07. The third-order valence-electron chi connectivity index (χ3n) is 2.43. The highest BCUT2D eigenvalue weighted by Crippen LogP contribution is 2.28. The summed E-state index contributed by atoms with van der Waals surface area (Å²) in [5.74, 6) is 0. The molecule has 0 aromatic heterocycles. The van der Waals surface area contributed by atoms with Gasteiger partial charge < -0.3 is 22.8 Å². The third-order valence-corrected chi connectivity index (χ3v) is 14.7. The van der Waals surface area contributed by atoms with Crippen LogP contribution in [0.4, 0.5) is 4.79 Å². The number of amides is 1. The normalized spacial score (nSPS) is 15.1. The molecule has 0 aliphatic carbocycles. The van der Waals surface area contributed by atoms with E-state index in [9.17, 15) is 4.79 Å². The first-order valence-electron chi connectivity index (χ1n) is 8.28. The Balaban J connectivity index is 5.51. The second kappa shape index (κ2) is 9.59. The highest BCUT2D eigenvalue weighted by atomic mass is 28.4. The smallest absolute Gasteiger partial charge is 0.404 e. The van der Waals surface area contributed by atoms with E-state index in [0.717, 1.165) is 0 Å². The number of primary amides is 1. The van der Waals surface area contributed by atoms with Crippen molar-refractivity contribution in [3.8, 4) is 0 Å². The Kier molecular flexibility index (Phi) is 9.76. The van der Waals surface area contributed by atoms with E-state index in [1.54, 1.807) is 0 Å². The molecule has 1 amide bonds. The minimum Gasteiger partial charge on any atom is -0.456 e. The van der Waals surface area contributed by atoms with Crippen molar-refractivity contribution in [1.82, 2.24) is 0 Å². The van der Waals surface area contributed by atoms with Crippen molar-refractivity contribution in [1.29, 1.82) is 0 Å². The van der Waals surface area contributed by atoms with Crippen LogP contribution in [-0.2, 0) is 17.1 Å². The molecule has 0 saturated heterocycles. The number of ether oxygens (including phenoxy) is 1. The Hall–Kier alpha value is 0.451. The van der Waals surface area contributed by atoms with Crippen molar-refractivity contribution in [3.05, 3.63) is 0 Å². The van der Waals surface area contributed by atoms with E-state index in [1.165, 1.54) is 0 Å². The molecule has 2 N–H and O–H groups in total. The molecule has 0 aromatic rings. The van der Waals surface area contributed by atoms with Gasteiger partial charge in [-0.25, -0.2) is 4.79 Å². The zero-order valence-electron chi connectivity index (χ0n) is 17.2. The molecule has 0 aliphatic heterocycles. The minimum absolute atomic E-state index is 0.0121. The van der Waals surface area contributed by atoms with Gasteiger partial charge >= 0.3 is 6.09 Å². The summed E-state index contributed by atoms with van der Waals surface area (Å²) in [6.45, 7) is 21.1. The number of rotatable bonds is 11. The van der Waals surface area contributed by atoms with Crippen molar-refractivity contribution in [2.24, 2.45) is 5.73 Å². The largest absolute Gasteiger partial charge is 0.456 e. The monoisotopic (exact) mass is 451 g/mol. The summed E-state index contributed by atoms with van der Waals surface area (Å²) in [6, 6.07) is 0. The van der Waals surface area contributed by atoms with Gasteiger partial charge in [0.15, 0.2) is 25.0 Å². The van der Waals surface area contributed by atoms with E-state index in [1.807, 2.05) is 6.92 Å². The van der Waals surface area contributed by atoms with Crippen molar-refractivity contribution < 1.29 is 21.9 Å². The Bertz CT molecular complexity index is 414. The molecular formula is C13H33NO5Si6. The van der Waals surface area contributed by atoms with Gasteiger partial charge in [-0.1, -0.05) is 6.92 Å². The third kappa shape index (κ3) is 12.5. The van der Waals surface area contributed by atoms with Gasteiger partial charge in [-0.2, -0.15) is 0 Å². The summed E-state index contributed by atoms with van der Waals surface area (Å²) in [5, 5.41) is 0. The Morgan fingerprint density at radius 3 is 1.48 bits per heavy atom. The maximum Gasteiger partial charge on any atom is 0.404 e. The van der Waals surface area contributed by atoms with Crippen molar-refractivity contribution in [2.45, 2.75) is 76.2 Å². The lowest BCUT2D eigenvalue weighted by atomic mass is 10.5. The van der Waals surface area contributed by atoms with Crippen LogP contribution < -0.4 is 5.73 Å². The molecule has 0 rings (SSSR count). The first-order valence-corrected chi connectivity index (χ1v) is 21.3. The molecule has 0 aliphatic rings. The van der Waals surface area contributed by atoms with Crippen LogP contribution >= 0.6 is 0 Å². The SMILES string of the molecule is CC([Si]O[Si](C)(C)C)C(OC(N)=O)([Si]O[Si](C)(C)C)[Si]O[Si](C)(C)C. The highest BCUT2D eigenvalue weighted by molar-refractivity contribution is 6.79. The van der Waals surface area contributed by atoms with Gasteiger partial charge in [-0.05, 0) is 58.9 Å². The fraction of sp³-hybridized carbons (Fsp3) is 0.923. The van der Waals surface area contributed by atoms with E-state index in [4.69, 9.17) is 22.8 Å². The standard InChI is InChI=1S/C13H33NO5Si6/c1-11(20-17-23(2,3)4)13(16-12(14)15,21-18-24(5,6)7)22-19-25(8,9)10/h11H,1-10H3,(H2,14,15). The molecule has 0 spiro atoms. The van der Waals surface area contributed by atoms with E-state index < -0.39 is 35.9 Å². The molecule has 0 aromatic carbocycles. The fourth-order valence-electron chi connectivity index (χ4n) is 1.29. The van der Waals surface area contributed by atoms with Crippen LogP contribution in [0.1, 0.15) is 6.92 Å². The number of hydrogen-bond donors (Lipinski definition) is 1. The summed E-state index contributed by atoms with van der Waals surface area (Å²) in [5.41, 5.74) is 5.36. The van der Waals surface area contributed by atoms with Crippen LogP contribution in [0.2, 0.25) is 64.5 Å². The molecule has 144 valence electrons.